The van der Waals surface area contributed by atoms with E-state index in [1.807, 2.05) is 35.9 Å². The van der Waals surface area contributed by atoms with Crippen molar-refractivity contribution in [2.75, 3.05) is 6.61 Å². The standard InChI is InChI=1S/C14H15NO3/c1-10(17)18-8-7-12-11-5-3-4-6-13(11)15(2)14(12)9-16/h3-6,9H,7-8H2,1-2H3. The molecule has 18 heavy (non-hydrogen) atoms. The fourth-order valence-electron chi connectivity index (χ4n) is 2.20. The quantitative estimate of drug-likeness (QED) is 0.612. The van der Waals surface area contributed by atoms with Crippen LogP contribution in [0.25, 0.3) is 10.9 Å². The Labute approximate surface area is 105 Å². The van der Waals surface area contributed by atoms with Gasteiger partial charge in [-0.05, 0) is 11.6 Å². The van der Waals surface area contributed by atoms with Crippen LogP contribution >= 0.6 is 0 Å². The molecule has 0 spiro atoms. The van der Waals surface area contributed by atoms with Crippen LogP contribution in [0.5, 0.6) is 0 Å². The first-order valence-corrected chi connectivity index (χ1v) is 5.80. The summed E-state index contributed by atoms with van der Waals surface area (Å²) in [5.41, 5.74) is 2.59. The molecule has 0 aliphatic rings. The number of fused-ring (bicyclic) bond motifs is 1. The largest absolute Gasteiger partial charge is 0.466 e. The first-order chi connectivity index (χ1) is 8.65. The van der Waals surface area contributed by atoms with Gasteiger partial charge < -0.3 is 9.30 Å². The van der Waals surface area contributed by atoms with Gasteiger partial charge in [0.15, 0.2) is 6.29 Å². The lowest BCUT2D eigenvalue weighted by Crippen LogP contribution is -2.05. The monoisotopic (exact) mass is 245 g/mol. The second-order valence-electron chi connectivity index (χ2n) is 4.15. The lowest BCUT2D eigenvalue weighted by Gasteiger charge is -2.02. The summed E-state index contributed by atoms with van der Waals surface area (Å²) in [6.07, 6.45) is 1.40. The van der Waals surface area contributed by atoms with E-state index in [1.165, 1.54) is 6.92 Å². The molecule has 1 heterocycles. The first-order valence-electron chi connectivity index (χ1n) is 5.80. The number of benzene rings is 1. The van der Waals surface area contributed by atoms with Gasteiger partial charge >= 0.3 is 5.97 Å². The number of hydrogen-bond donors (Lipinski definition) is 0. The molecule has 4 nitrogen and oxygen atoms in total. The van der Waals surface area contributed by atoms with Gasteiger partial charge in [0.1, 0.15) is 0 Å². The molecular weight excluding hydrogens is 230 g/mol. The number of ether oxygens (including phenoxy) is 1. The van der Waals surface area contributed by atoms with Crippen LogP contribution in [-0.2, 0) is 23.0 Å². The molecule has 0 unspecified atom stereocenters. The number of aldehydes is 1. The summed E-state index contributed by atoms with van der Waals surface area (Å²) in [7, 11) is 1.86. The summed E-state index contributed by atoms with van der Waals surface area (Å²) >= 11 is 0. The summed E-state index contributed by atoms with van der Waals surface area (Å²) in [4.78, 5) is 21.9. The second-order valence-corrected chi connectivity index (χ2v) is 4.15. The molecule has 0 saturated carbocycles. The highest BCUT2D eigenvalue weighted by molar-refractivity contribution is 5.93. The van der Waals surface area contributed by atoms with Gasteiger partial charge in [-0.3, -0.25) is 9.59 Å². The van der Waals surface area contributed by atoms with Crippen molar-refractivity contribution < 1.29 is 14.3 Å². The lowest BCUT2D eigenvalue weighted by atomic mass is 10.1. The Morgan fingerprint density at radius 3 is 2.78 bits per heavy atom. The van der Waals surface area contributed by atoms with Gasteiger partial charge in [0.25, 0.3) is 0 Å². The normalized spacial score (nSPS) is 10.6. The van der Waals surface area contributed by atoms with Crippen molar-refractivity contribution in [1.29, 1.82) is 0 Å². The Morgan fingerprint density at radius 2 is 2.11 bits per heavy atom. The third kappa shape index (κ3) is 2.14. The summed E-state index contributed by atoms with van der Waals surface area (Å²) in [6, 6.07) is 7.82. The molecule has 94 valence electrons. The molecule has 4 heteroatoms. The van der Waals surface area contributed by atoms with E-state index in [0.29, 0.717) is 18.7 Å². The van der Waals surface area contributed by atoms with E-state index in [0.717, 1.165) is 22.8 Å². The van der Waals surface area contributed by atoms with Crippen molar-refractivity contribution in [2.45, 2.75) is 13.3 Å². The van der Waals surface area contributed by atoms with Gasteiger partial charge in [-0.2, -0.15) is 0 Å². The smallest absolute Gasteiger partial charge is 0.302 e. The molecule has 2 aromatic rings. The predicted octanol–water partition coefficient (Wildman–Crippen LogP) is 2.10. The fourth-order valence-corrected chi connectivity index (χ4v) is 2.20. The predicted molar refractivity (Wildman–Crippen MR) is 68.6 cm³/mol. The topological polar surface area (TPSA) is 48.3 Å². The highest BCUT2D eigenvalue weighted by Gasteiger charge is 2.13. The van der Waals surface area contributed by atoms with Gasteiger partial charge in [0, 0.05) is 31.3 Å². The van der Waals surface area contributed by atoms with E-state index in [2.05, 4.69) is 0 Å². The molecule has 0 N–H and O–H groups in total. The van der Waals surface area contributed by atoms with Crippen molar-refractivity contribution in [3.05, 3.63) is 35.5 Å². The van der Waals surface area contributed by atoms with Crippen LogP contribution in [0.3, 0.4) is 0 Å². The minimum Gasteiger partial charge on any atom is -0.466 e. The van der Waals surface area contributed by atoms with E-state index in [-0.39, 0.29) is 5.97 Å². The van der Waals surface area contributed by atoms with Crippen molar-refractivity contribution in [3.8, 4) is 0 Å². The van der Waals surface area contributed by atoms with E-state index in [1.54, 1.807) is 0 Å². The SMILES string of the molecule is CC(=O)OCCc1c(C=O)n(C)c2ccccc12. The molecule has 0 saturated heterocycles. The minimum absolute atomic E-state index is 0.296. The Balaban J connectivity index is 2.41. The Hall–Kier alpha value is -2.10. The third-order valence-electron chi connectivity index (χ3n) is 3.03. The van der Waals surface area contributed by atoms with Crippen molar-refractivity contribution in [2.24, 2.45) is 7.05 Å². The maximum atomic E-state index is 11.2. The number of carbonyl (C=O) groups is 2. The zero-order chi connectivity index (χ0) is 13.1. The summed E-state index contributed by atoms with van der Waals surface area (Å²) < 4.78 is 6.81. The molecular formula is C14H15NO3. The van der Waals surface area contributed by atoms with Gasteiger partial charge in [-0.25, -0.2) is 0 Å². The summed E-state index contributed by atoms with van der Waals surface area (Å²) in [6.45, 7) is 1.67. The highest BCUT2D eigenvalue weighted by atomic mass is 16.5. The van der Waals surface area contributed by atoms with E-state index in [4.69, 9.17) is 4.74 Å². The molecule has 0 fully saturated rings. The van der Waals surface area contributed by atoms with E-state index >= 15 is 0 Å². The van der Waals surface area contributed by atoms with Crippen LogP contribution in [0, 0.1) is 0 Å². The number of rotatable bonds is 4. The van der Waals surface area contributed by atoms with Crippen molar-refractivity contribution in [3.63, 3.8) is 0 Å². The molecule has 0 amide bonds. The maximum absolute atomic E-state index is 11.2. The number of nitrogens with zero attached hydrogens (tertiary/aromatic N) is 1. The number of aryl methyl sites for hydroxylation is 1. The average molecular weight is 245 g/mol. The van der Waals surface area contributed by atoms with Crippen LogP contribution in [0.2, 0.25) is 0 Å². The molecule has 0 radical (unpaired) electrons. The Kier molecular flexibility index (Phi) is 3.46. The fraction of sp³-hybridized carbons (Fsp3) is 0.286. The van der Waals surface area contributed by atoms with E-state index < -0.39 is 0 Å². The van der Waals surface area contributed by atoms with Crippen LogP contribution in [0.1, 0.15) is 23.0 Å². The van der Waals surface area contributed by atoms with Crippen molar-refractivity contribution in [1.82, 2.24) is 4.57 Å². The average Bonchev–Trinajstić information content (AvgIpc) is 2.63. The Morgan fingerprint density at radius 1 is 1.39 bits per heavy atom. The zero-order valence-electron chi connectivity index (χ0n) is 10.5. The van der Waals surface area contributed by atoms with Gasteiger partial charge in [0.2, 0.25) is 0 Å². The van der Waals surface area contributed by atoms with Crippen molar-refractivity contribution >= 4 is 23.2 Å². The molecule has 0 bridgehead atoms. The number of hydrogen-bond acceptors (Lipinski definition) is 3. The van der Waals surface area contributed by atoms with Gasteiger partial charge in [-0.1, -0.05) is 18.2 Å². The van der Waals surface area contributed by atoms with Crippen LogP contribution < -0.4 is 0 Å². The van der Waals surface area contributed by atoms with Crippen LogP contribution in [0.4, 0.5) is 0 Å². The van der Waals surface area contributed by atoms with Gasteiger partial charge in [-0.15, -0.1) is 0 Å². The van der Waals surface area contributed by atoms with Crippen LogP contribution in [0.15, 0.2) is 24.3 Å². The number of carbonyl (C=O) groups excluding carboxylic acids is 2. The second kappa shape index (κ2) is 5.04. The minimum atomic E-state index is -0.303. The molecule has 1 aromatic heterocycles. The highest BCUT2D eigenvalue weighted by Crippen LogP contribution is 2.24. The third-order valence-corrected chi connectivity index (χ3v) is 3.03. The number of aromatic nitrogens is 1. The number of esters is 1. The number of para-hydroxylation sites is 1. The molecule has 2 rings (SSSR count). The molecule has 0 atom stereocenters. The zero-order valence-corrected chi connectivity index (χ0v) is 10.5. The molecule has 0 aliphatic heterocycles. The molecule has 1 aromatic carbocycles. The summed E-state index contributed by atoms with van der Waals surface area (Å²) in [5.74, 6) is -0.303. The van der Waals surface area contributed by atoms with Gasteiger partial charge in [0.05, 0.1) is 12.3 Å². The van der Waals surface area contributed by atoms with E-state index in [9.17, 15) is 9.59 Å². The lowest BCUT2D eigenvalue weighted by molar-refractivity contribution is -0.140. The molecule has 0 aliphatic carbocycles. The maximum Gasteiger partial charge on any atom is 0.302 e. The summed E-state index contributed by atoms with van der Waals surface area (Å²) in [5, 5.41) is 1.04. The first kappa shape index (κ1) is 12.4. The van der Waals surface area contributed by atoms with Crippen LogP contribution in [-0.4, -0.2) is 23.4 Å². The Bertz CT molecular complexity index is 598.